The lowest BCUT2D eigenvalue weighted by molar-refractivity contribution is 1.18. The van der Waals surface area contributed by atoms with E-state index in [4.69, 9.17) is 0 Å². The fourth-order valence-corrected chi connectivity index (χ4v) is 9.74. The number of hydrogen-bond acceptors (Lipinski definition) is 2. The van der Waals surface area contributed by atoms with E-state index < -0.39 is 0 Å². The predicted molar refractivity (Wildman–Crippen MR) is 276 cm³/mol. The first-order valence-corrected chi connectivity index (χ1v) is 22.3. The van der Waals surface area contributed by atoms with Crippen LogP contribution in [0.25, 0.3) is 71.3 Å². The summed E-state index contributed by atoms with van der Waals surface area (Å²) in [4.78, 5) is 4.79. The molecule has 0 unspecified atom stereocenters. The van der Waals surface area contributed by atoms with Crippen LogP contribution in [-0.2, 0) is 0 Å². The van der Waals surface area contributed by atoms with Gasteiger partial charge in [-0.1, -0.05) is 176 Å². The van der Waals surface area contributed by atoms with Crippen LogP contribution in [0, 0.1) is 0 Å². The fraction of sp³-hybridized carbons (Fsp3) is 0. The molecule has 0 radical (unpaired) electrons. The lowest BCUT2D eigenvalue weighted by atomic mass is 9.95. The van der Waals surface area contributed by atoms with Crippen LogP contribution in [0.4, 0.5) is 34.1 Å². The number of anilines is 6. The molecule has 0 atom stereocenters. The van der Waals surface area contributed by atoms with Crippen LogP contribution >= 0.6 is 0 Å². The van der Waals surface area contributed by atoms with E-state index in [1.165, 1.54) is 60.0 Å². The Bertz CT molecular complexity index is 3630. The average Bonchev–Trinajstić information content (AvgIpc) is 3.72. The van der Waals surface area contributed by atoms with Gasteiger partial charge in [-0.05, 0) is 118 Å². The Hall–Kier alpha value is -8.66. The van der Waals surface area contributed by atoms with Gasteiger partial charge < -0.3 is 14.4 Å². The first-order valence-electron chi connectivity index (χ1n) is 22.3. The first-order chi connectivity index (χ1) is 32.3. The van der Waals surface area contributed by atoms with E-state index in [2.05, 4.69) is 275 Å². The maximum absolute atomic E-state index is 2.43. The lowest BCUT2D eigenvalue weighted by Gasteiger charge is -2.29. The molecule has 0 fully saturated rings. The molecule has 0 aliphatic rings. The maximum Gasteiger partial charge on any atom is 0.0542 e. The molecule has 1 heterocycles. The van der Waals surface area contributed by atoms with Gasteiger partial charge >= 0.3 is 0 Å². The van der Waals surface area contributed by atoms with Crippen molar-refractivity contribution >= 4 is 77.5 Å². The second kappa shape index (κ2) is 16.2. The summed E-state index contributed by atoms with van der Waals surface area (Å²) in [6.07, 6.45) is 0. The monoisotopic (exact) mass is 829 g/mol. The molecule has 0 amide bonds. The van der Waals surface area contributed by atoms with Crippen LogP contribution in [0.1, 0.15) is 0 Å². The highest BCUT2D eigenvalue weighted by atomic mass is 15.1. The number of para-hydroxylation sites is 3. The Labute approximate surface area is 378 Å². The van der Waals surface area contributed by atoms with E-state index in [1.54, 1.807) is 0 Å². The van der Waals surface area contributed by atoms with Gasteiger partial charge in [-0.25, -0.2) is 0 Å². The SMILES string of the molecule is c1ccc(-c2ccc(N(c3cccc4ccccc34)c3ccc(-c4ccc(N(c5ccccc5)c5ccc6c(c5)c5ccccc5n6-c5ccccc5)cc4)c4ccccc34)cc2)cc1. The van der Waals surface area contributed by atoms with Crippen molar-refractivity contribution in [2.24, 2.45) is 0 Å². The van der Waals surface area contributed by atoms with Crippen molar-refractivity contribution in [1.82, 2.24) is 4.57 Å². The van der Waals surface area contributed by atoms with Gasteiger partial charge in [0.25, 0.3) is 0 Å². The van der Waals surface area contributed by atoms with Crippen molar-refractivity contribution in [2.45, 2.75) is 0 Å². The zero-order valence-corrected chi connectivity index (χ0v) is 35.7. The van der Waals surface area contributed by atoms with Gasteiger partial charge in [-0.3, -0.25) is 0 Å². The second-order valence-electron chi connectivity index (χ2n) is 16.5. The lowest BCUT2D eigenvalue weighted by Crippen LogP contribution is -2.11. The van der Waals surface area contributed by atoms with Gasteiger partial charge in [-0.15, -0.1) is 0 Å². The Balaban J connectivity index is 0.963. The van der Waals surface area contributed by atoms with Crippen LogP contribution in [0.5, 0.6) is 0 Å². The third-order valence-electron chi connectivity index (χ3n) is 12.8. The van der Waals surface area contributed by atoms with Crippen molar-refractivity contribution in [1.29, 1.82) is 0 Å². The molecule has 0 N–H and O–H groups in total. The highest BCUT2D eigenvalue weighted by Gasteiger charge is 2.21. The Morgan fingerprint density at radius 1 is 0.262 bits per heavy atom. The molecule has 0 bridgehead atoms. The molecule has 0 spiro atoms. The van der Waals surface area contributed by atoms with Crippen molar-refractivity contribution in [2.75, 3.05) is 9.80 Å². The fourth-order valence-electron chi connectivity index (χ4n) is 9.74. The van der Waals surface area contributed by atoms with E-state index in [-0.39, 0.29) is 0 Å². The largest absolute Gasteiger partial charge is 0.310 e. The third-order valence-corrected chi connectivity index (χ3v) is 12.8. The zero-order chi connectivity index (χ0) is 43.1. The van der Waals surface area contributed by atoms with Crippen LogP contribution < -0.4 is 9.80 Å². The van der Waals surface area contributed by atoms with Crippen molar-refractivity contribution < 1.29 is 0 Å². The van der Waals surface area contributed by atoms with Crippen LogP contribution in [0.3, 0.4) is 0 Å². The number of nitrogens with zero attached hydrogens (tertiary/aromatic N) is 3. The zero-order valence-electron chi connectivity index (χ0n) is 35.7. The van der Waals surface area contributed by atoms with Crippen LogP contribution in [0.15, 0.2) is 261 Å². The van der Waals surface area contributed by atoms with E-state index in [9.17, 15) is 0 Å². The molecule has 12 aromatic rings. The molecule has 65 heavy (non-hydrogen) atoms. The van der Waals surface area contributed by atoms with E-state index in [0.29, 0.717) is 0 Å². The topological polar surface area (TPSA) is 11.4 Å². The van der Waals surface area contributed by atoms with Gasteiger partial charge in [0.05, 0.1) is 22.4 Å². The number of aromatic nitrogens is 1. The quantitative estimate of drug-likeness (QED) is 0.144. The van der Waals surface area contributed by atoms with E-state index >= 15 is 0 Å². The Morgan fingerprint density at radius 2 is 0.769 bits per heavy atom. The predicted octanol–water partition coefficient (Wildman–Crippen LogP) is 17.4. The van der Waals surface area contributed by atoms with Gasteiger partial charge in [-0.2, -0.15) is 0 Å². The van der Waals surface area contributed by atoms with Crippen molar-refractivity contribution in [3.05, 3.63) is 261 Å². The number of fused-ring (bicyclic) bond motifs is 5. The highest BCUT2D eigenvalue weighted by molar-refractivity contribution is 6.11. The minimum absolute atomic E-state index is 1.09. The van der Waals surface area contributed by atoms with Crippen LogP contribution in [0.2, 0.25) is 0 Å². The van der Waals surface area contributed by atoms with Gasteiger partial charge in [0.1, 0.15) is 0 Å². The molecule has 0 saturated carbocycles. The summed E-state index contributed by atoms with van der Waals surface area (Å²) in [5, 5.41) is 7.24. The summed E-state index contributed by atoms with van der Waals surface area (Å²) < 4.78 is 2.37. The summed E-state index contributed by atoms with van der Waals surface area (Å²) in [6.45, 7) is 0. The molecular formula is C62H43N3. The summed E-state index contributed by atoms with van der Waals surface area (Å²) in [6, 6.07) is 94.3. The van der Waals surface area contributed by atoms with E-state index in [0.717, 1.165) is 45.4 Å². The van der Waals surface area contributed by atoms with E-state index in [1.807, 2.05) is 0 Å². The molecule has 0 saturated heterocycles. The first kappa shape index (κ1) is 38.0. The third kappa shape index (κ3) is 6.78. The molecule has 3 heteroatoms. The molecule has 12 rings (SSSR count). The summed E-state index contributed by atoms with van der Waals surface area (Å²) >= 11 is 0. The number of hydrogen-bond donors (Lipinski definition) is 0. The molecule has 3 nitrogen and oxygen atoms in total. The molecule has 306 valence electrons. The van der Waals surface area contributed by atoms with Gasteiger partial charge in [0.2, 0.25) is 0 Å². The summed E-state index contributed by atoms with van der Waals surface area (Å²) in [5.74, 6) is 0. The smallest absolute Gasteiger partial charge is 0.0542 e. The standard InChI is InChI=1S/C62H43N3/c1-4-17-44(18-5-1)45-31-35-51(36-32-45)65(59-30-16-20-46-19-10-11-25-54(46)59)61-42-40-53(55-26-12-13-27-56(55)61)47-33-37-50(38-34-47)63(48-21-6-2-7-22-48)52-39-41-62-58(43-52)57-28-14-15-29-60(57)64(62)49-23-8-3-9-24-49/h1-43H. The molecular weight excluding hydrogens is 787 g/mol. The molecule has 11 aromatic carbocycles. The summed E-state index contributed by atoms with van der Waals surface area (Å²) in [7, 11) is 0. The molecule has 0 aliphatic carbocycles. The Morgan fingerprint density at radius 3 is 1.52 bits per heavy atom. The van der Waals surface area contributed by atoms with Crippen molar-refractivity contribution in [3.8, 4) is 27.9 Å². The van der Waals surface area contributed by atoms with Crippen LogP contribution in [-0.4, -0.2) is 4.57 Å². The summed E-state index contributed by atoms with van der Waals surface area (Å²) in [5.41, 5.74) is 15.0. The highest BCUT2D eigenvalue weighted by Crippen LogP contribution is 2.46. The second-order valence-corrected chi connectivity index (χ2v) is 16.5. The minimum Gasteiger partial charge on any atom is -0.310 e. The van der Waals surface area contributed by atoms with Crippen molar-refractivity contribution in [3.63, 3.8) is 0 Å². The average molecular weight is 830 g/mol. The van der Waals surface area contributed by atoms with Gasteiger partial charge in [0.15, 0.2) is 0 Å². The molecule has 1 aromatic heterocycles. The maximum atomic E-state index is 2.43. The minimum atomic E-state index is 1.09. The van der Waals surface area contributed by atoms with Gasteiger partial charge in [0, 0.05) is 50.0 Å². The Kier molecular flexibility index (Phi) is 9.50. The number of benzene rings is 11. The molecule has 0 aliphatic heterocycles. The number of rotatable bonds is 9. The normalized spacial score (nSPS) is 11.4.